The van der Waals surface area contributed by atoms with Crippen LogP contribution >= 0.6 is 0 Å². The van der Waals surface area contributed by atoms with Gasteiger partial charge in [0.1, 0.15) is 5.82 Å². The maximum Gasteiger partial charge on any atom is 0.300 e. The van der Waals surface area contributed by atoms with Crippen molar-refractivity contribution >= 4 is 17.4 Å². The van der Waals surface area contributed by atoms with E-state index >= 15 is 0 Å². The van der Waals surface area contributed by atoms with E-state index in [1.165, 1.54) is 17.0 Å². The van der Waals surface area contributed by atoms with Crippen LogP contribution in [0.4, 0.5) is 10.1 Å². The zero-order valence-corrected chi connectivity index (χ0v) is 13.1. The molecule has 1 heterocycles. The minimum Gasteiger partial charge on any atom is -0.291 e. The van der Waals surface area contributed by atoms with Gasteiger partial charge in [0, 0.05) is 12.6 Å². The summed E-state index contributed by atoms with van der Waals surface area (Å²) in [5.41, 5.74) is 1.99. The van der Waals surface area contributed by atoms with Crippen molar-refractivity contribution in [1.82, 2.24) is 4.90 Å². The predicted octanol–water partition coefficient (Wildman–Crippen LogP) is 2.98. The molecule has 2 aromatic rings. The fourth-order valence-electron chi connectivity index (χ4n) is 3.17. The van der Waals surface area contributed by atoms with Crippen molar-refractivity contribution in [2.75, 3.05) is 11.6 Å². The number of fused-ring (bicyclic) bond motifs is 1. The highest BCUT2D eigenvalue weighted by Crippen LogP contribution is 2.33. The number of carbonyl (C=O) groups excluding carboxylic acids is 2. The second kappa shape index (κ2) is 5.83. The van der Waals surface area contributed by atoms with Crippen LogP contribution in [0.5, 0.6) is 0 Å². The third-order valence-electron chi connectivity index (χ3n) is 4.54. The van der Waals surface area contributed by atoms with Crippen LogP contribution in [0.2, 0.25) is 0 Å². The number of hydrogen-bond acceptors (Lipinski definition) is 3. The van der Waals surface area contributed by atoms with Crippen molar-refractivity contribution < 1.29 is 14.0 Å². The molecule has 0 N–H and O–H groups in total. The van der Waals surface area contributed by atoms with E-state index < -0.39 is 11.7 Å². The Hall–Kier alpha value is -2.53. The molecular weight excluding hydrogens is 307 g/mol. The van der Waals surface area contributed by atoms with Crippen molar-refractivity contribution in [3.63, 3.8) is 0 Å². The van der Waals surface area contributed by atoms with Crippen LogP contribution in [0.3, 0.4) is 0 Å². The summed E-state index contributed by atoms with van der Waals surface area (Å²) in [6, 6.07) is 14.0. The summed E-state index contributed by atoms with van der Waals surface area (Å²) in [6.07, 6.45) is 2.12. The zero-order valence-electron chi connectivity index (χ0n) is 13.1. The normalized spacial score (nSPS) is 16.8. The highest BCUT2D eigenvalue weighted by Gasteiger charge is 2.38. The fraction of sp³-hybridized carbons (Fsp3) is 0.263. The van der Waals surface area contributed by atoms with Gasteiger partial charge in [0.05, 0.1) is 17.9 Å². The van der Waals surface area contributed by atoms with Crippen molar-refractivity contribution in [3.05, 3.63) is 65.5 Å². The van der Waals surface area contributed by atoms with Gasteiger partial charge in [-0.25, -0.2) is 4.39 Å². The summed E-state index contributed by atoms with van der Waals surface area (Å²) in [4.78, 5) is 28.1. The molecule has 1 saturated carbocycles. The lowest BCUT2D eigenvalue weighted by molar-refractivity contribution is -0.114. The fourth-order valence-corrected chi connectivity index (χ4v) is 3.17. The molecule has 4 nitrogen and oxygen atoms in total. The molecule has 0 unspecified atom stereocenters. The minimum atomic E-state index is -0.485. The van der Waals surface area contributed by atoms with Crippen LogP contribution in [0.25, 0.3) is 0 Å². The first-order valence-electron chi connectivity index (χ1n) is 8.07. The Balaban J connectivity index is 1.58. The summed E-state index contributed by atoms with van der Waals surface area (Å²) in [5, 5.41) is 0. The van der Waals surface area contributed by atoms with Gasteiger partial charge in [-0.3, -0.25) is 19.4 Å². The maximum atomic E-state index is 13.4. The van der Waals surface area contributed by atoms with Gasteiger partial charge in [0.15, 0.2) is 0 Å². The van der Waals surface area contributed by atoms with Gasteiger partial charge in [-0.05, 0) is 42.7 Å². The van der Waals surface area contributed by atoms with Gasteiger partial charge in [0.2, 0.25) is 0 Å². The number of ketones is 1. The molecule has 0 spiro atoms. The van der Waals surface area contributed by atoms with Gasteiger partial charge in [-0.15, -0.1) is 0 Å². The number of anilines is 1. The summed E-state index contributed by atoms with van der Waals surface area (Å²) in [7, 11) is 0. The second-order valence-corrected chi connectivity index (χ2v) is 6.33. The summed E-state index contributed by atoms with van der Waals surface area (Å²) < 4.78 is 13.4. The van der Waals surface area contributed by atoms with E-state index in [2.05, 4.69) is 4.90 Å². The number of para-hydroxylation sites is 1. The molecule has 2 aliphatic rings. The van der Waals surface area contributed by atoms with Crippen LogP contribution < -0.4 is 4.90 Å². The minimum absolute atomic E-state index is 0.263. The lowest BCUT2D eigenvalue weighted by Gasteiger charge is -2.28. The number of amides is 1. The van der Waals surface area contributed by atoms with E-state index in [0.29, 0.717) is 30.5 Å². The van der Waals surface area contributed by atoms with Crippen LogP contribution in [0, 0.1) is 5.82 Å². The Bertz CT molecular complexity index is 817. The molecular formula is C19H17FN2O2. The molecule has 5 heteroatoms. The first-order chi connectivity index (χ1) is 11.6. The van der Waals surface area contributed by atoms with Gasteiger partial charge in [-0.2, -0.15) is 0 Å². The van der Waals surface area contributed by atoms with Crippen LogP contribution in [0.15, 0.2) is 48.5 Å². The molecule has 1 amide bonds. The molecule has 1 fully saturated rings. The lowest BCUT2D eigenvalue weighted by Crippen LogP contribution is -2.41. The van der Waals surface area contributed by atoms with Gasteiger partial charge < -0.3 is 0 Å². The molecule has 0 aromatic heterocycles. The van der Waals surface area contributed by atoms with E-state index in [9.17, 15) is 14.0 Å². The Labute approximate surface area is 139 Å². The van der Waals surface area contributed by atoms with Gasteiger partial charge in [0.25, 0.3) is 5.78 Å². The predicted molar refractivity (Wildman–Crippen MR) is 88.1 cm³/mol. The topological polar surface area (TPSA) is 40.6 Å². The summed E-state index contributed by atoms with van der Waals surface area (Å²) in [6.45, 7) is 0.908. The third kappa shape index (κ3) is 2.71. The highest BCUT2D eigenvalue weighted by atomic mass is 19.1. The molecule has 24 heavy (non-hydrogen) atoms. The average molecular weight is 324 g/mol. The number of carbonyl (C=O) groups is 2. The zero-order chi connectivity index (χ0) is 16.7. The van der Waals surface area contributed by atoms with Crippen molar-refractivity contribution in [2.24, 2.45) is 0 Å². The molecule has 0 atom stereocenters. The average Bonchev–Trinajstić information content (AvgIpc) is 3.39. The van der Waals surface area contributed by atoms with E-state index in [1.807, 2.05) is 12.1 Å². The largest absolute Gasteiger partial charge is 0.300 e. The molecule has 0 radical (unpaired) electrons. The van der Waals surface area contributed by atoms with E-state index in [-0.39, 0.29) is 5.82 Å². The third-order valence-corrected chi connectivity index (χ3v) is 4.54. The SMILES string of the molecule is O=C1C(=O)N(CN(Cc2cccc(F)c2)C2CC2)c2ccccc21. The Kier molecular flexibility index (Phi) is 3.65. The Morgan fingerprint density at radius 3 is 2.62 bits per heavy atom. The van der Waals surface area contributed by atoms with E-state index in [0.717, 1.165) is 18.4 Å². The van der Waals surface area contributed by atoms with Gasteiger partial charge in [-0.1, -0.05) is 24.3 Å². The van der Waals surface area contributed by atoms with Gasteiger partial charge >= 0.3 is 5.91 Å². The smallest absolute Gasteiger partial charge is 0.291 e. The second-order valence-electron chi connectivity index (χ2n) is 6.33. The van der Waals surface area contributed by atoms with Crippen LogP contribution in [0.1, 0.15) is 28.8 Å². The first kappa shape index (κ1) is 15.0. The van der Waals surface area contributed by atoms with E-state index in [1.54, 1.807) is 24.3 Å². The molecule has 1 aliphatic carbocycles. The van der Waals surface area contributed by atoms with Crippen LogP contribution in [-0.2, 0) is 11.3 Å². The lowest BCUT2D eigenvalue weighted by atomic mass is 10.1. The number of halogens is 1. The standard InChI is InChI=1S/C19H17FN2O2/c20-14-5-3-4-13(10-14)11-21(15-8-9-15)12-22-17-7-2-1-6-16(17)18(23)19(22)24/h1-7,10,15H,8-9,11-12H2. The molecule has 1 aliphatic heterocycles. The van der Waals surface area contributed by atoms with Crippen LogP contribution in [-0.4, -0.2) is 29.3 Å². The number of Topliss-reactive ketones (excluding diaryl/α,β-unsaturated/α-hetero) is 1. The van der Waals surface area contributed by atoms with Crippen molar-refractivity contribution in [3.8, 4) is 0 Å². The number of hydrogen-bond donors (Lipinski definition) is 0. The Morgan fingerprint density at radius 1 is 1.08 bits per heavy atom. The molecule has 4 rings (SSSR count). The van der Waals surface area contributed by atoms with Crippen molar-refractivity contribution in [1.29, 1.82) is 0 Å². The van der Waals surface area contributed by atoms with E-state index in [4.69, 9.17) is 0 Å². The first-order valence-corrected chi connectivity index (χ1v) is 8.07. The molecule has 122 valence electrons. The Morgan fingerprint density at radius 2 is 1.88 bits per heavy atom. The maximum absolute atomic E-state index is 13.4. The highest BCUT2D eigenvalue weighted by molar-refractivity contribution is 6.52. The number of benzene rings is 2. The summed E-state index contributed by atoms with van der Waals surface area (Å²) >= 11 is 0. The van der Waals surface area contributed by atoms with Crippen molar-refractivity contribution in [2.45, 2.75) is 25.4 Å². The number of rotatable bonds is 5. The molecule has 2 aromatic carbocycles. The monoisotopic (exact) mass is 324 g/mol. The summed E-state index contributed by atoms with van der Waals surface area (Å²) in [5.74, 6) is -1.20. The molecule has 0 bridgehead atoms. The molecule has 0 saturated heterocycles. The number of nitrogens with zero attached hydrogens (tertiary/aromatic N) is 2. The quantitative estimate of drug-likeness (QED) is 0.794.